The molecule has 138 valence electrons. The largest absolute Gasteiger partial charge is 0.370 e. The lowest BCUT2D eigenvalue weighted by Crippen LogP contribution is -2.55. The predicted molar refractivity (Wildman–Crippen MR) is 102 cm³/mol. The zero-order chi connectivity index (χ0) is 18.1. The fourth-order valence-electron chi connectivity index (χ4n) is 7.94. The zero-order valence-corrected chi connectivity index (χ0v) is 15.9. The van der Waals surface area contributed by atoms with E-state index in [4.69, 9.17) is 11.2 Å². The second-order valence-corrected chi connectivity index (χ2v) is 9.68. The van der Waals surface area contributed by atoms with Gasteiger partial charge in [-0.05, 0) is 80.3 Å². The molecule has 0 aromatic carbocycles. The Balaban J connectivity index is 1.55. The third kappa shape index (κ3) is 1.96. The molecule has 5 rings (SSSR count). The van der Waals surface area contributed by atoms with Crippen molar-refractivity contribution in [3.63, 3.8) is 0 Å². The Morgan fingerprint density at radius 1 is 1.27 bits per heavy atom. The molecule has 0 bridgehead atoms. The molecule has 0 aromatic heterocycles. The highest BCUT2D eigenvalue weighted by Gasteiger charge is 2.67. The molecule has 7 atom stereocenters. The van der Waals surface area contributed by atoms with Gasteiger partial charge < -0.3 is 4.74 Å². The first-order valence-electron chi connectivity index (χ1n) is 10.5. The highest BCUT2D eigenvalue weighted by Crippen LogP contribution is 2.69. The molecule has 2 heteroatoms. The third-order valence-electron chi connectivity index (χ3n) is 8.96. The quantitative estimate of drug-likeness (QED) is 0.467. The molecule has 0 amide bonds. The van der Waals surface area contributed by atoms with Crippen LogP contribution in [-0.2, 0) is 9.53 Å². The molecule has 4 fully saturated rings. The fraction of sp³-hybridized carbons (Fsp3) is 0.708. The van der Waals surface area contributed by atoms with E-state index >= 15 is 0 Å². The van der Waals surface area contributed by atoms with Gasteiger partial charge in [-0.15, -0.1) is 12.3 Å². The monoisotopic (exact) mass is 350 g/mol. The first-order chi connectivity index (χ1) is 12.5. The normalized spacial score (nSPS) is 50.0. The summed E-state index contributed by atoms with van der Waals surface area (Å²) in [4.78, 5) is 11.9. The number of carbonyl (C=O) groups excluding carboxylic acids is 1. The third-order valence-corrected chi connectivity index (χ3v) is 8.96. The van der Waals surface area contributed by atoms with Gasteiger partial charge in [-0.25, -0.2) is 0 Å². The van der Waals surface area contributed by atoms with Crippen molar-refractivity contribution in [2.45, 2.75) is 63.9 Å². The van der Waals surface area contributed by atoms with Crippen LogP contribution in [0.1, 0.15) is 58.3 Å². The average Bonchev–Trinajstić information content (AvgIpc) is 3.15. The minimum absolute atomic E-state index is 0.129. The Kier molecular flexibility index (Phi) is 3.61. The summed E-state index contributed by atoms with van der Waals surface area (Å²) in [7, 11) is 0. The van der Waals surface area contributed by atoms with E-state index in [-0.39, 0.29) is 11.0 Å². The van der Waals surface area contributed by atoms with Crippen molar-refractivity contribution in [1.82, 2.24) is 0 Å². The lowest BCUT2D eigenvalue weighted by Gasteiger charge is -2.58. The molecule has 0 unspecified atom stereocenters. The van der Waals surface area contributed by atoms with E-state index in [0.29, 0.717) is 41.8 Å². The summed E-state index contributed by atoms with van der Waals surface area (Å²) in [5.41, 5.74) is 2.72. The lowest BCUT2D eigenvalue weighted by atomic mass is 9.47. The Labute approximate surface area is 157 Å². The average molecular weight is 351 g/mol. The van der Waals surface area contributed by atoms with Gasteiger partial charge in [-0.3, -0.25) is 4.79 Å². The molecule has 3 saturated carbocycles. The molecule has 4 aliphatic carbocycles. The van der Waals surface area contributed by atoms with Crippen LogP contribution in [0.2, 0.25) is 0 Å². The molecule has 2 nitrogen and oxygen atoms in total. The van der Waals surface area contributed by atoms with E-state index in [1.54, 1.807) is 0 Å². The molecule has 5 aliphatic rings. The maximum absolute atomic E-state index is 11.9. The van der Waals surface area contributed by atoms with E-state index in [2.05, 4.69) is 19.4 Å². The van der Waals surface area contributed by atoms with Crippen molar-refractivity contribution in [3.05, 3.63) is 23.8 Å². The van der Waals surface area contributed by atoms with Gasteiger partial charge in [0, 0.05) is 17.8 Å². The number of hydrogen-bond acceptors (Lipinski definition) is 2. The van der Waals surface area contributed by atoms with Gasteiger partial charge in [-0.1, -0.05) is 19.1 Å². The van der Waals surface area contributed by atoms with E-state index < -0.39 is 0 Å². The number of hydrogen-bond donors (Lipinski definition) is 0. The fourth-order valence-corrected chi connectivity index (χ4v) is 7.94. The molecule has 1 saturated heterocycles. The second-order valence-electron chi connectivity index (χ2n) is 9.68. The standard InChI is InChI=1S/C24H30O2/c1-4-16-14-23(3)21(9-11-24(23)15(2)10-12-26-24)20-7-5-17-13-18(25)6-8-19(17)22(16)20/h1,13,16,19-22H,2,5-12,14H2,3H3/t16-,19-,20-,21-,22+,23-,24+/m0/s1. The van der Waals surface area contributed by atoms with Gasteiger partial charge in [0.25, 0.3) is 0 Å². The molecule has 1 spiro atoms. The van der Waals surface area contributed by atoms with E-state index in [1.165, 1.54) is 24.0 Å². The van der Waals surface area contributed by atoms with Crippen LogP contribution in [0, 0.1) is 47.3 Å². The predicted octanol–water partition coefficient (Wildman–Crippen LogP) is 4.70. The lowest BCUT2D eigenvalue weighted by molar-refractivity contribution is -0.125. The number of terminal acetylenes is 1. The van der Waals surface area contributed by atoms with Gasteiger partial charge in [0.05, 0.1) is 12.2 Å². The van der Waals surface area contributed by atoms with Gasteiger partial charge in [0.2, 0.25) is 0 Å². The van der Waals surface area contributed by atoms with Crippen molar-refractivity contribution in [3.8, 4) is 12.3 Å². The minimum Gasteiger partial charge on any atom is -0.370 e. The van der Waals surface area contributed by atoms with Crippen molar-refractivity contribution >= 4 is 5.78 Å². The van der Waals surface area contributed by atoms with Crippen LogP contribution in [-0.4, -0.2) is 18.0 Å². The Morgan fingerprint density at radius 3 is 2.85 bits per heavy atom. The van der Waals surface area contributed by atoms with Gasteiger partial charge in [-0.2, -0.15) is 0 Å². The van der Waals surface area contributed by atoms with Crippen LogP contribution < -0.4 is 0 Å². The molecular formula is C24H30O2. The summed E-state index contributed by atoms with van der Waals surface area (Å²) >= 11 is 0. The molecule has 0 N–H and O–H groups in total. The summed E-state index contributed by atoms with van der Waals surface area (Å²) in [6.45, 7) is 7.71. The SMILES string of the molecule is C#C[C@H]1C[C@@]2(C)[C@@H](CC[C@]23OCCC3=C)[C@@H]2CCC3=CC(=O)CC[C@@H]3[C@H]21. The smallest absolute Gasteiger partial charge is 0.155 e. The van der Waals surface area contributed by atoms with Crippen LogP contribution in [0.4, 0.5) is 0 Å². The number of fused-ring (bicyclic) bond motifs is 6. The summed E-state index contributed by atoms with van der Waals surface area (Å²) < 4.78 is 6.46. The van der Waals surface area contributed by atoms with Gasteiger partial charge >= 0.3 is 0 Å². The van der Waals surface area contributed by atoms with Gasteiger partial charge in [0.15, 0.2) is 5.78 Å². The van der Waals surface area contributed by atoms with Crippen molar-refractivity contribution < 1.29 is 9.53 Å². The highest BCUT2D eigenvalue weighted by molar-refractivity contribution is 5.91. The minimum atomic E-state index is -0.129. The van der Waals surface area contributed by atoms with E-state index in [9.17, 15) is 4.79 Å². The van der Waals surface area contributed by atoms with Crippen molar-refractivity contribution in [2.24, 2.45) is 35.0 Å². The highest BCUT2D eigenvalue weighted by atomic mass is 16.5. The Bertz CT molecular complexity index is 740. The second kappa shape index (κ2) is 5.59. The van der Waals surface area contributed by atoms with Crippen molar-refractivity contribution in [1.29, 1.82) is 0 Å². The first kappa shape index (κ1) is 16.8. The van der Waals surface area contributed by atoms with Crippen LogP contribution in [0.5, 0.6) is 0 Å². The van der Waals surface area contributed by atoms with Gasteiger partial charge in [0.1, 0.15) is 0 Å². The number of allylic oxidation sites excluding steroid dienone is 1. The van der Waals surface area contributed by atoms with Crippen molar-refractivity contribution in [2.75, 3.05) is 6.61 Å². The Morgan fingerprint density at radius 2 is 2.12 bits per heavy atom. The van der Waals surface area contributed by atoms with Crippen LogP contribution in [0.3, 0.4) is 0 Å². The molecule has 0 aromatic rings. The summed E-state index contributed by atoms with van der Waals surface area (Å²) in [5, 5.41) is 0. The number of carbonyl (C=O) groups is 1. The maximum Gasteiger partial charge on any atom is 0.155 e. The Hall–Kier alpha value is -1.33. The maximum atomic E-state index is 11.9. The molecule has 0 radical (unpaired) electrons. The summed E-state index contributed by atoms with van der Waals surface area (Å²) in [5.74, 6) is 6.31. The molecular weight excluding hydrogens is 320 g/mol. The topological polar surface area (TPSA) is 26.3 Å². The van der Waals surface area contributed by atoms with Crippen LogP contribution in [0.25, 0.3) is 0 Å². The van der Waals surface area contributed by atoms with E-state index in [0.717, 1.165) is 38.7 Å². The molecule has 26 heavy (non-hydrogen) atoms. The number of ketones is 1. The van der Waals surface area contributed by atoms with E-state index in [1.807, 2.05) is 6.08 Å². The number of rotatable bonds is 0. The molecule has 1 aliphatic heterocycles. The summed E-state index contributed by atoms with van der Waals surface area (Å²) in [6, 6.07) is 0. The summed E-state index contributed by atoms with van der Waals surface area (Å²) in [6.07, 6.45) is 16.5. The zero-order valence-electron chi connectivity index (χ0n) is 15.9. The first-order valence-corrected chi connectivity index (χ1v) is 10.5. The molecule has 1 heterocycles. The van der Waals surface area contributed by atoms with Crippen LogP contribution >= 0.6 is 0 Å². The number of ether oxygens (including phenoxy) is 1. The van der Waals surface area contributed by atoms with Crippen LogP contribution in [0.15, 0.2) is 23.8 Å².